The van der Waals surface area contributed by atoms with Gasteiger partial charge >= 0.3 is 0 Å². The maximum atomic E-state index is 13.6. The highest BCUT2D eigenvalue weighted by molar-refractivity contribution is 5.44. The van der Waals surface area contributed by atoms with E-state index >= 15 is 0 Å². The second-order valence-corrected chi connectivity index (χ2v) is 8.29. The summed E-state index contributed by atoms with van der Waals surface area (Å²) in [7, 11) is 0. The predicted octanol–water partition coefficient (Wildman–Crippen LogP) is 6.23. The largest absolute Gasteiger partial charge is 0.468 e. The summed E-state index contributed by atoms with van der Waals surface area (Å²) < 4.78 is 44.4. The van der Waals surface area contributed by atoms with Gasteiger partial charge in [0.05, 0.1) is 32.2 Å². The van der Waals surface area contributed by atoms with Crippen molar-refractivity contribution in [3.8, 4) is 0 Å². The molecule has 35 heavy (non-hydrogen) atoms. The minimum atomic E-state index is -1.74. The number of furan rings is 3. The highest BCUT2D eigenvalue weighted by Crippen LogP contribution is 2.38. The molecule has 5 nitrogen and oxygen atoms in total. The van der Waals surface area contributed by atoms with Gasteiger partial charge in [0.15, 0.2) is 5.60 Å². The summed E-state index contributed by atoms with van der Waals surface area (Å²) in [5, 5.41) is 11.9. The molecule has 0 fully saturated rings. The first-order valence-electron chi connectivity index (χ1n) is 11.1. The van der Waals surface area contributed by atoms with Crippen molar-refractivity contribution in [3.63, 3.8) is 0 Å². The Kier molecular flexibility index (Phi) is 6.35. The normalized spacial score (nSPS) is 11.9. The number of benzene rings is 2. The molecule has 5 aromatic rings. The van der Waals surface area contributed by atoms with E-state index in [9.17, 15) is 13.9 Å². The van der Waals surface area contributed by atoms with Crippen LogP contribution in [-0.4, -0.2) is 10.0 Å². The van der Waals surface area contributed by atoms with Gasteiger partial charge in [-0.2, -0.15) is 0 Å². The van der Waals surface area contributed by atoms with E-state index in [1.54, 1.807) is 24.7 Å². The van der Waals surface area contributed by atoms with Crippen LogP contribution in [0.1, 0.15) is 34.2 Å². The summed E-state index contributed by atoms with van der Waals surface area (Å²) >= 11 is 0. The molecule has 3 heterocycles. The summed E-state index contributed by atoms with van der Waals surface area (Å²) in [6.07, 6.45) is 3.24. The highest BCUT2D eigenvalue weighted by Gasteiger charge is 2.37. The number of nitrogens with zero attached hydrogens (tertiary/aromatic N) is 1. The fourth-order valence-corrected chi connectivity index (χ4v) is 4.12. The van der Waals surface area contributed by atoms with Gasteiger partial charge in [0.25, 0.3) is 0 Å². The Hall–Kier alpha value is -3.94. The molecule has 3 aromatic heterocycles. The lowest BCUT2D eigenvalue weighted by Crippen LogP contribution is -2.28. The lowest BCUT2D eigenvalue weighted by atomic mass is 9.84. The molecule has 0 aliphatic carbocycles. The summed E-state index contributed by atoms with van der Waals surface area (Å²) in [4.78, 5) is 2.08. The average Bonchev–Trinajstić information content (AvgIpc) is 3.64. The van der Waals surface area contributed by atoms with E-state index in [-0.39, 0.29) is 5.76 Å². The molecule has 2 aromatic carbocycles. The molecular formula is C28H23F2NO4. The SMILES string of the molecule is OC(c1ccc(F)cc1)(c1ccc(F)cc1)c1ccc(CN(Cc2ccco2)Cc2ccco2)o1. The van der Waals surface area contributed by atoms with Crippen LogP contribution >= 0.6 is 0 Å². The Bertz CT molecular complexity index is 1260. The second kappa shape index (κ2) is 9.74. The zero-order valence-corrected chi connectivity index (χ0v) is 18.7. The van der Waals surface area contributed by atoms with Gasteiger partial charge in [-0.25, -0.2) is 8.78 Å². The molecule has 0 bridgehead atoms. The predicted molar refractivity (Wildman–Crippen MR) is 124 cm³/mol. The third kappa shape index (κ3) is 4.96. The zero-order valence-electron chi connectivity index (χ0n) is 18.7. The standard InChI is InChI=1S/C28H23F2NO4/c29-22-9-5-20(6-10-22)28(32,21-7-11-23(30)12-8-21)27-14-13-26(35-27)19-31(17-24-3-1-15-33-24)18-25-4-2-16-34-25/h1-16,32H,17-19H2. The first-order valence-corrected chi connectivity index (χ1v) is 11.1. The van der Waals surface area contributed by atoms with Crippen molar-refractivity contribution < 1.29 is 27.1 Å². The van der Waals surface area contributed by atoms with Crippen molar-refractivity contribution in [2.24, 2.45) is 0 Å². The topological polar surface area (TPSA) is 62.9 Å². The number of aliphatic hydroxyl groups is 1. The van der Waals surface area contributed by atoms with E-state index in [0.717, 1.165) is 11.5 Å². The average molecular weight is 475 g/mol. The maximum absolute atomic E-state index is 13.6. The third-order valence-electron chi connectivity index (χ3n) is 5.84. The Labute approximate surface area is 200 Å². The van der Waals surface area contributed by atoms with Crippen LogP contribution in [0.4, 0.5) is 8.78 Å². The highest BCUT2D eigenvalue weighted by atomic mass is 19.1. The molecule has 0 aliphatic rings. The fourth-order valence-electron chi connectivity index (χ4n) is 4.12. The van der Waals surface area contributed by atoms with Gasteiger partial charge in [-0.1, -0.05) is 24.3 Å². The molecular weight excluding hydrogens is 452 g/mol. The summed E-state index contributed by atoms with van der Waals surface area (Å²) in [5.41, 5.74) is -0.948. The lowest BCUT2D eigenvalue weighted by molar-refractivity contribution is 0.0943. The Morgan fingerprint density at radius 3 is 1.57 bits per heavy atom. The Morgan fingerprint density at radius 2 is 1.11 bits per heavy atom. The number of hydrogen-bond acceptors (Lipinski definition) is 5. The smallest absolute Gasteiger partial charge is 0.173 e. The first kappa shape index (κ1) is 22.8. The van der Waals surface area contributed by atoms with Gasteiger partial charge in [0, 0.05) is 0 Å². The molecule has 0 atom stereocenters. The van der Waals surface area contributed by atoms with Gasteiger partial charge in [-0.15, -0.1) is 0 Å². The molecule has 1 N–H and O–H groups in total. The van der Waals surface area contributed by atoms with E-state index in [0.29, 0.717) is 36.5 Å². The molecule has 0 aliphatic heterocycles. The summed E-state index contributed by atoms with van der Waals surface area (Å²) in [6, 6.07) is 21.9. The molecule has 7 heteroatoms. The second-order valence-electron chi connectivity index (χ2n) is 8.29. The lowest BCUT2D eigenvalue weighted by Gasteiger charge is -2.27. The van der Waals surface area contributed by atoms with E-state index in [4.69, 9.17) is 13.3 Å². The minimum absolute atomic E-state index is 0.238. The van der Waals surface area contributed by atoms with Gasteiger partial charge in [0.1, 0.15) is 34.7 Å². The molecule has 0 radical (unpaired) electrons. The van der Waals surface area contributed by atoms with E-state index in [1.807, 2.05) is 24.3 Å². The van der Waals surface area contributed by atoms with Crippen molar-refractivity contribution in [2.75, 3.05) is 0 Å². The Balaban J connectivity index is 1.47. The molecule has 0 unspecified atom stereocenters. The van der Waals surface area contributed by atoms with Crippen molar-refractivity contribution in [2.45, 2.75) is 25.2 Å². The van der Waals surface area contributed by atoms with E-state index in [1.165, 1.54) is 48.5 Å². The number of rotatable bonds is 9. The van der Waals surface area contributed by atoms with Crippen LogP contribution in [0.25, 0.3) is 0 Å². The zero-order chi connectivity index (χ0) is 24.3. The molecule has 0 saturated carbocycles. The quantitative estimate of drug-likeness (QED) is 0.274. The Morgan fingerprint density at radius 1 is 0.629 bits per heavy atom. The first-order chi connectivity index (χ1) is 17.0. The van der Waals surface area contributed by atoms with Crippen molar-refractivity contribution in [3.05, 3.63) is 143 Å². The van der Waals surface area contributed by atoms with Crippen molar-refractivity contribution in [1.29, 1.82) is 0 Å². The van der Waals surface area contributed by atoms with Crippen LogP contribution < -0.4 is 0 Å². The number of hydrogen-bond donors (Lipinski definition) is 1. The van der Waals surface area contributed by atoms with Gasteiger partial charge in [-0.3, -0.25) is 4.90 Å². The van der Waals surface area contributed by atoms with Crippen molar-refractivity contribution >= 4 is 0 Å². The van der Waals surface area contributed by atoms with Crippen LogP contribution in [0.5, 0.6) is 0 Å². The van der Waals surface area contributed by atoms with Gasteiger partial charge in [0.2, 0.25) is 0 Å². The van der Waals surface area contributed by atoms with Gasteiger partial charge < -0.3 is 18.4 Å². The molecule has 0 saturated heterocycles. The molecule has 178 valence electrons. The van der Waals surface area contributed by atoms with Crippen LogP contribution in [0.2, 0.25) is 0 Å². The van der Waals surface area contributed by atoms with Crippen LogP contribution in [-0.2, 0) is 25.2 Å². The molecule has 0 amide bonds. The molecule has 0 spiro atoms. The minimum Gasteiger partial charge on any atom is -0.468 e. The van der Waals surface area contributed by atoms with Crippen molar-refractivity contribution in [1.82, 2.24) is 4.90 Å². The van der Waals surface area contributed by atoms with Crippen LogP contribution in [0.15, 0.2) is 111 Å². The molecule has 5 rings (SSSR count). The van der Waals surface area contributed by atoms with E-state index in [2.05, 4.69) is 4.90 Å². The maximum Gasteiger partial charge on any atom is 0.173 e. The van der Waals surface area contributed by atoms with Crippen LogP contribution in [0, 0.1) is 11.6 Å². The number of halogens is 2. The monoisotopic (exact) mass is 475 g/mol. The van der Waals surface area contributed by atoms with Gasteiger partial charge in [-0.05, 0) is 71.8 Å². The summed E-state index contributed by atoms with van der Waals surface area (Å²) in [6.45, 7) is 1.44. The van der Waals surface area contributed by atoms with Crippen LogP contribution in [0.3, 0.4) is 0 Å². The fraction of sp³-hybridized carbons (Fsp3) is 0.143. The summed E-state index contributed by atoms with van der Waals surface area (Å²) in [5.74, 6) is 1.56. The van der Waals surface area contributed by atoms with E-state index < -0.39 is 17.2 Å². The third-order valence-corrected chi connectivity index (χ3v) is 5.84.